The van der Waals surface area contributed by atoms with Crippen LogP contribution in [0.2, 0.25) is 12.7 Å². The highest BCUT2D eigenvalue weighted by Gasteiger charge is 2.12. The molecule has 0 saturated heterocycles. The molecule has 1 rings (SSSR count). The third-order valence-electron chi connectivity index (χ3n) is 8.46. The number of amides is 2. The number of thioether (sulfide) groups is 1. The van der Waals surface area contributed by atoms with Crippen molar-refractivity contribution in [1.29, 1.82) is 0 Å². The summed E-state index contributed by atoms with van der Waals surface area (Å²) >= 11 is 5.39. The number of thiol groups is 1. The number of hydrogen-bond acceptors (Lipinski definition) is 22. The number of benzene rings is 1. The van der Waals surface area contributed by atoms with Crippen molar-refractivity contribution in [3.05, 3.63) is 35.9 Å². The molecule has 8 atom stereocenters. The fourth-order valence-corrected chi connectivity index (χ4v) is 4.20. The Balaban J connectivity index is -0.000000128. The molecule has 0 fully saturated rings. The van der Waals surface area contributed by atoms with Gasteiger partial charge in [-0.1, -0.05) is 57.5 Å². The lowest BCUT2D eigenvalue weighted by molar-refractivity contribution is -0.123. The van der Waals surface area contributed by atoms with Crippen molar-refractivity contribution in [3.8, 4) is 0 Å². The van der Waals surface area contributed by atoms with Crippen LogP contribution in [0.25, 0.3) is 0 Å². The molecule has 432 valence electrons. The zero-order valence-corrected chi connectivity index (χ0v) is 47.9. The van der Waals surface area contributed by atoms with E-state index in [9.17, 15) is 52.7 Å². The summed E-state index contributed by atoms with van der Waals surface area (Å²) in [7, 11) is 0. The second-order valence-electron chi connectivity index (χ2n) is 16.8. The van der Waals surface area contributed by atoms with Crippen LogP contribution in [0.4, 0.5) is 0 Å². The maximum atomic E-state index is 11.0. The molecule has 0 heterocycles. The molecular formula is C50H99N11O11S2. The molecule has 24 heteroatoms. The average molecular weight is 1100 g/mol. The Labute approximate surface area is 464 Å². The number of Topliss-reactive ketones (excluding diaryl/α,β-unsaturated/α-hetero) is 9. The van der Waals surface area contributed by atoms with Crippen LogP contribution in [-0.4, -0.2) is 137 Å². The van der Waals surface area contributed by atoms with E-state index in [1.165, 1.54) is 62.3 Å². The predicted octanol–water partition coefficient (Wildman–Crippen LogP) is 0.298. The number of nitrogens with two attached hydrogens (primary N) is 11. The van der Waals surface area contributed by atoms with Crippen LogP contribution in [0, 0.1) is 5.92 Å². The summed E-state index contributed by atoms with van der Waals surface area (Å²) in [5.74, 6) is 0.148. The molecule has 22 N–H and O–H groups in total. The van der Waals surface area contributed by atoms with Crippen molar-refractivity contribution in [2.24, 2.45) is 68.9 Å². The topological polar surface area (TPSA) is 474 Å². The molecule has 2 amide bonds. The summed E-state index contributed by atoms with van der Waals surface area (Å²) < 4.78 is 59.8. The number of carbonyl (C=O) groups excluding carboxylic acids is 11. The summed E-state index contributed by atoms with van der Waals surface area (Å²) in [4.78, 5) is 115. The summed E-state index contributed by atoms with van der Waals surface area (Å²) in [6, 6.07) is 6.43. The Morgan fingerprint density at radius 2 is 0.959 bits per heavy atom. The number of carbonyl (C=O) groups is 11. The van der Waals surface area contributed by atoms with Crippen molar-refractivity contribution in [3.63, 3.8) is 0 Å². The van der Waals surface area contributed by atoms with Gasteiger partial charge in [0, 0.05) is 24.3 Å². The molecular weight excluding hydrogens is 995 g/mol. The first-order valence-corrected chi connectivity index (χ1v) is 25.4. The van der Waals surface area contributed by atoms with Crippen molar-refractivity contribution in [2.75, 3.05) is 24.3 Å². The molecule has 0 aromatic heterocycles. The average Bonchev–Trinajstić information content (AvgIpc) is 3.40. The van der Waals surface area contributed by atoms with Crippen LogP contribution in [0.15, 0.2) is 30.3 Å². The molecule has 0 saturated carbocycles. The minimum absolute atomic E-state index is 0.00106. The van der Waals surface area contributed by atoms with Gasteiger partial charge in [0.25, 0.3) is 0 Å². The Hall–Kier alpha value is -4.47. The van der Waals surface area contributed by atoms with Gasteiger partial charge in [0.15, 0.2) is 0 Å². The number of hydrogen-bond donors (Lipinski definition) is 12. The Morgan fingerprint density at radius 3 is 1.14 bits per heavy atom. The first-order chi connectivity index (χ1) is 38.6. The minimum atomic E-state index is -0.752. The Kier molecular flexibility index (Phi) is 49.9. The van der Waals surface area contributed by atoms with Crippen molar-refractivity contribution in [2.45, 2.75) is 183 Å². The van der Waals surface area contributed by atoms with Crippen LogP contribution < -0.4 is 63.0 Å². The highest BCUT2D eigenvalue weighted by Crippen LogP contribution is 2.03. The second kappa shape index (κ2) is 56.3. The van der Waals surface area contributed by atoms with Gasteiger partial charge in [-0.15, -0.1) is 0 Å². The normalized spacial score (nSPS) is 14.4. The smallest absolute Gasteiger partial charge is 0.219 e. The van der Waals surface area contributed by atoms with Crippen LogP contribution in [-0.2, 0) is 59.2 Å². The van der Waals surface area contributed by atoms with Crippen molar-refractivity contribution in [1.82, 2.24) is 0 Å². The van der Waals surface area contributed by atoms with Gasteiger partial charge < -0.3 is 63.0 Å². The van der Waals surface area contributed by atoms with Crippen molar-refractivity contribution < 1.29 is 65.4 Å². The van der Waals surface area contributed by atoms with E-state index in [1.807, 2.05) is 74.5 Å². The number of ketones is 9. The largest absolute Gasteiger partial charge is 0.370 e. The van der Waals surface area contributed by atoms with E-state index in [-0.39, 0.29) is 102 Å². The maximum Gasteiger partial charge on any atom is 0.219 e. The second-order valence-corrected chi connectivity index (χ2v) is 18.1. The van der Waals surface area contributed by atoms with Gasteiger partial charge in [0.2, 0.25) is 11.8 Å². The number of rotatable bonds is 32. The van der Waals surface area contributed by atoms with Crippen LogP contribution >= 0.6 is 24.4 Å². The van der Waals surface area contributed by atoms with Gasteiger partial charge >= 0.3 is 0 Å². The molecule has 8 unspecified atom stereocenters. The van der Waals surface area contributed by atoms with E-state index in [0.717, 1.165) is 24.8 Å². The molecule has 0 aliphatic rings. The minimum Gasteiger partial charge on any atom is -0.370 e. The molecule has 0 aliphatic heterocycles. The molecule has 0 bridgehead atoms. The lowest BCUT2D eigenvalue weighted by atomic mass is 10.0. The third-order valence-corrected chi connectivity index (χ3v) is 9.49. The van der Waals surface area contributed by atoms with Gasteiger partial charge in [-0.05, 0) is 113 Å². The zero-order valence-electron chi connectivity index (χ0n) is 55.2. The lowest BCUT2D eigenvalue weighted by Gasteiger charge is -2.08. The van der Waals surface area contributed by atoms with Crippen LogP contribution in [0.3, 0.4) is 0 Å². The van der Waals surface area contributed by atoms with Crippen LogP contribution in [0.1, 0.15) is 134 Å². The predicted molar refractivity (Wildman–Crippen MR) is 304 cm³/mol. The Morgan fingerprint density at radius 1 is 0.541 bits per heavy atom. The lowest BCUT2D eigenvalue weighted by Crippen LogP contribution is -2.33. The molecule has 0 spiro atoms. The molecule has 22 nitrogen and oxygen atoms in total. The van der Waals surface area contributed by atoms with Crippen molar-refractivity contribution >= 4 is 88.3 Å². The monoisotopic (exact) mass is 1100 g/mol. The fourth-order valence-electron chi connectivity index (χ4n) is 3.37. The van der Waals surface area contributed by atoms with Crippen LogP contribution in [0.5, 0.6) is 0 Å². The maximum absolute atomic E-state index is 11.0. The van der Waals surface area contributed by atoms with E-state index in [4.69, 9.17) is 24.2 Å². The third kappa shape index (κ3) is 76.4. The SMILES string of the molecule is [2H]NC(C)C(C)=O.[2H]NC(CC(C)C)C(C)=O.[2H]NC(CC(N)=O)C(C)=O.[2H]NC(CCC(N)=O)C(C)=O.[2H]NC(CCC)C(C)=O.[2H]NC(CS)C(C)=O.[2H]NC(CSC)C(C)=O.[2H]NC(Cc1ccccc1)C(C)=O.[2H]NCC(C)=O. The summed E-state index contributed by atoms with van der Waals surface area (Å²) in [6.07, 6.45) is 5.27. The first kappa shape index (κ1) is 65.6. The fraction of sp³-hybridized carbons (Fsp3) is 0.660. The van der Waals surface area contributed by atoms with E-state index >= 15 is 0 Å². The first-order valence-electron chi connectivity index (χ1n) is 27.8. The van der Waals surface area contributed by atoms with Gasteiger partial charge in [-0.3, -0.25) is 52.7 Å². The molecule has 0 aliphatic carbocycles. The molecule has 1 aromatic rings. The van der Waals surface area contributed by atoms with Gasteiger partial charge in [-0.25, -0.2) is 0 Å². The zero-order chi connectivity index (χ0) is 66.8. The standard InChI is InChI=1S/C10H13NO.C7H15NO.C6H12N2O2.C6H13NO.C5H10N2O2.C5H11NOS.C4H9NOS.C4H9NO.C3H7NO/c1-8(12)10(11)7-9-5-3-2-4-6-9;1-5(2)4-7(8)6(3)9;1-4(9)5(7)2-3-6(8)10;1-3-4-6(7)5(2)8;1-3(8)4(6)2-5(7)9;1-4(7)5(6)3-8-2;1-3(6)4(5)2-7;1-3(5)4(2)6;1-3(5)2-4/h2-6,10H,7,11H2,1H3;5,7H,4,8H2,1-3H3;5H,2-3,7H2,1H3,(H2,8,10);6H,3-4,7H2,1-2H3;4H,2,6H2,1H3,(H2,7,9);5H,3,6H2,1-2H3;4,7H,2,5H2,1H3;3H,5H2,1-2H3;2,4H2,1H3/i/hD9. The van der Waals surface area contributed by atoms with E-state index < -0.39 is 29.9 Å². The summed E-state index contributed by atoms with van der Waals surface area (Å²) in [5.41, 5.74) is 29.7. The van der Waals surface area contributed by atoms with Gasteiger partial charge in [-0.2, -0.15) is 24.4 Å². The van der Waals surface area contributed by atoms with E-state index in [2.05, 4.69) is 47.0 Å². The molecule has 1 aromatic carbocycles. The molecule has 0 radical (unpaired) electrons. The molecule has 74 heavy (non-hydrogen) atoms. The quantitative estimate of drug-likeness (QED) is 0.0432. The highest BCUT2D eigenvalue weighted by atomic mass is 32.2. The Bertz CT molecular complexity index is 1890. The van der Waals surface area contributed by atoms with E-state index in [0.29, 0.717) is 30.3 Å². The van der Waals surface area contributed by atoms with Gasteiger partial charge in [0.05, 0.1) is 54.9 Å². The number of primary amides is 2. The van der Waals surface area contributed by atoms with E-state index in [1.54, 1.807) is 18.7 Å². The summed E-state index contributed by atoms with van der Waals surface area (Å²) in [6.45, 7) is 20.8. The highest BCUT2D eigenvalue weighted by molar-refractivity contribution is 7.98. The summed E-state index contributed by atoms with van der Waals surface area (Å²) in [5, 5.41) is 0. The van der Waals surface area contributed by atoms with Gasteiger partial charge in [0.1, 0.15) is 64.8 Å².